The van der Waals surface area contributed by atoms with Gasteiger partial charge >= 0.3 is 5.97 Å². The minimum absolute atomic E-state index is 0.0646. The monoisotopic (exact) mass is 582 g/mol. The van der Waals surface area contributed by atoms with Crippen LogP contribution in [-0.4, -0.2) is 30.3 Å². The molecule has 6 nitrogen and oxygen atoms in total. The SMILES string of the molecule is COC(=O)C(C)(C)Oc1ccc(Cl)cc1C1CC(=O)NC(c2cc(F)ccc2C)C12C(C)=Nc1cc(Cl)ccc12. The summed E-state index contributed by atoms with van der Waals surface area (Å²) in [7, 11) is 1.29. The van der Waals surface area contributed by atoms with Gasteiger partial charge in [-0.05, 0) is 86.8 Å². The zero-order valence-corrected chi connectivity index (χ0v) is 24.3. The van der Waals surface area contributed by atoms with E-state index in [1.807, 2.05) is 19.9 Å². The van der Waals surface area contributed by atoms with E-state index in [0.717, 1.165) is 16.8 Å². The van der Waals surface area contributed by atoms with Gasteiger partial charge < -0.3 is 14.8 Å². The van der Waals surface area contributed by atoms with E-state index in [2.05, 4.69) is 5.32 Å². The minimum Gasteiger partial charge on any atom is -0.476 e. The first-order chi connectivity index (χ1) is 18.9. The molecule has 3 aromatic carbocycles. The Balaban J connectivity index is 1.81. The van der Waals surface area contributed by atoms with Gasteiger partial charge in [0.1, 0.15) is 11.6 Å². The topological polar surface area (TPSA) is 77.0 Å². The predicted molar refractivity (Wildman–Crippen MR) is 153 cm³/mol. The first-order valence-corrected chi connectivity index (χ1v) is 13.6. The summed E-state index contributed by atoms with van der Waals surface area (Å²) >= 11 is 12.9. The van der Waals surface area contributed by atoms with Crippen LogP contribution >= 0.6 is 23.2 Å². The second-order valence-corrected chi connectivity index (χ2v) is 11.6. The Morgan fingerprint density at radius 3 is 2.48 bits per heavy atom. The molecule has 2 aliphatic heterocycles. The summed E-state index contributed by atoms with van der Waals surface area (Å²) in [6.07, 6.45) is 0.0646. The predicted octanol–water partition coefficient (Wildman–Crippen LogP) is 7.16. The molecule has 1 saturated heterocycles. The van der Waals surface area contributed by atoms with Gasteiger partial charge in [0.15, 0.2) is 5.60 Å². The summed E-state index contributed by atoms with van der Waals surface area (Å²) in [6, 6.07) is 14.5. The number of nitrogens with zero attached hydrogens (tertiary/aromatic N) is 1. The van der Waals surface area contributed by atoms with Gasteiger partial charge in [-0.1, -0.05) is 35.3 Å². The van der Waals surface area contributed by atoms with E-state index in [4.69, 9.17) is 37.7 Å². The fourth-order valence-electron chi connectivity index (χ4n) is 6.15. The number of piperidine rings is 1. The fraction of sp³-hybridized carbons (Fsp3) is 0.323. The molecule has 1 N–H and O–H groups in total. The van der Waals surface area contributed by atoms with Gasteiger partial charge in [0.2, 0.25) is 5.91 Å². The Morgan fingerprint density at radius 2 is 1.75 bits per heavy atom. The van der Waals surface area contributed by atoms with E-state index < -0.39 is 34.8 Å². The molecule has 0 radical (unpaired) electrons. The third-order valence-corrected chi connectivity index (χ3v) is 8.40. The lowest BCUT2D eigenvalue weighted by atomic mass is 9.57. The molecule has 3 aromatic rings. The van der Waals surface area contributed by atoms with Crippen LogP contribution in [0.15, 0.2) is 59.6 Å². The van der Waals surface area contributed by atoms with Gasteiger partial charge in [-0.3, -0.25) is 9.79 Å². The van der Waals surface area contributed by atoms with Gasteiger partial charge in [0.05, 0.1) is 24.3 Å². The van der Waals surface area contributed by atoms with Crippen LogP contribution in [0.25, 0.3) is 0 Å². The molecule has 0 aromatic heterocycles. The van der Waals surface area contributed by atoms with Crippen LogP contribution in [0.5, 0.6) is 5.75 Å². The van der Waals surface area contributed by atoms with Crippen molar-refractivity contribution in [2.45, 2.75) is 57.1 Å². The molecule has 3 atom stereocenters. The summed E-state index contributed by atoms with van der Waals surface area (Å²) in [4.78, 5) is 30.9. The van der Waals surface area contributed by atoms with Crippen molar-refractivity contribution in [2.24, 2.45) is 4.99 Å². The molecular formula is C31H29Cl2FN2O4. The summed E-state index contributed by atoms with van der Waals surface area (Å²) in [5, 5.41) is 4.12. The van der Waals surface area contributed by atoms with Crippen molar-refractivity contribution in [3.63, 3.8) is 0 Å². The Hall–Kier alpha value is -3.42. The average Bonchev–Trinajstić information content (AvgIpc) is 3.18. The highest BCUT2D eigenvalue weighted by molar-refractivity contribution is 6.31. The number of hydrogen-bond acceptors (Lipinski definition) is 5. The summed E-state index contributed by atoms with van der Waals surface area (Å²) < 4.78 is 25.9. The zero-order valence-electron chi connectivity index (χ0n) is 22.8. The molecule has 40 heavy (non-hydrogen) atoms. The zero-order chi connectivity index (χ0) is 29.0. The highest BCUT2D eigenvalue weighted by Gasteiger charge is 2.58. The summed E-state index contributed by atoms with van der Waals surface area (Å²) in [5.41, 5.74) is 2.02. The molecule has 208 valence electrons. The summed E-state index contributed by atoms with van der Waals surface area (Å²) in [5.74, 6) is -1.37. The van der Waals surface area contributed by atoms with E-state index in [1.165, 1.54) is 19.2 Å². The number of aryl methyl sites for hydroxylation is 1. The van der Waals surface area contributed by atoms with Gasteiger partial charge in [-0.2, -0.15) is 0 Å². The van der Waals surface area contributed by atoms with Crippen LogP contribution in [-0.2, 0) is 19.7 Å². The Kier molecular flexibility index (Phi) is 7.17. The molecule has 1 amide bonds. The first-order valence-electron chi connectivity index (χ1n) is 12.9. The van der Waals surface area contributed by atoms with E-state index in [-0.39, 0.29) is 12.3 Å². The smallest absolute Gasteiger partial charge is 0.349 e. The van der Waals surface area contributed by atoms with Crippen molar-refractivity contribution < 1.29 is 23.5 Å². The standard InChI is InChI=1S/C31H29Cl2FN2O4/c1-16-6-9-20(34)14-21(16)28-31(17(2)35-25-13-19(33)7-10-23(25)31)24(15-27(37)36-28)22-12-18(32)8-11-26(22)40-30(3,4)29(38)39-5/h6-14,24,28H,15H2,1-5H3,(H,36,37). The largest absolute Gasteiger partial charge is 0.476 e. The third kappa shape index (κ3) is 4.55. The van der Waals surface area contributed by atoms with Crippen molar-refractivity contribution in [2.75, 3.05) is 7.11 Å². The van der Waals surface area contributed by atoms with Crippen LogP contribution in [0.4, 0.5) is 10.1 Å². The van der Waals surface area contributed by atoms with E-state index in [1.54, 1.807) is 50.2 Å². The van der Waals surface area contributed by atoms with Crippen molar-refractivity contribution in [1.29, 1.82) is 0 Å². The van der Waals surface area contributed by atoms with E-state index in [0.29, 0.717) is 32.6 Å². The lowest BCUT2D eigenvalue weighted by molar-refractivity contribution is -0.156. The molecule has 1 fully saturated rings. The quantitative estimate of drug-likeness (QED) is 0.324. The summed E-state index contributed by atoms with van der Waals surface area (Å²) in [6.45, 7) is 7.01. The molecule has 0 aliphatic carbocycles. The van der Waals surface area contributed by atoms with E-state index >= 15 is 0 Å². The molecule has 9 heteroatoms. The van der Waals surface area contributed by atoms with Crippen molar-refractivity contribution in [3.8, 4) is 5.75 Å². The lowest BCUT2D eigenvalue weighted by Crippen LogP contribution is -2.56. The number of fused-ring (bicyclic) bond motifs is 2. The number of esters is 1. The minimum atomic E-state index is -1.33. The van der Waals surface area contributed by atoms with Crippen molar-refractivity contribution in [3.05, 3.63) is 92.7 Å². The lowest BCUT2D eigenvalue weighted by Gasteiger charge is -2.49. The number of methoxy groups -OCH3 is 1. The molecule has 3 unspecified atom stereocenters. The van der Waals surface area contributed by atoms with E-state index in [9.17, 15) is 14.0 Å². The van der Waals surface area contributed by atoms with Crippen LogP contribution in [0.1, 0.15) is 61.4 Å². The third-order valence-electron chi connectivity index (χ3n) is 7.93. The average molecular weight is 583 g/mol. The van der Waals surface area contributed by atoms with Crippen molar-refractivity contribution in [1.82, 2.24) is 5.32 Å². The molecule has 0 saturated carbocycles. The van der Waals surface area contributed by atoms with Crippen LogP contribution in [0.3, 0.4) is 0 Å². The Labute approximate surface area is 242 Å². The number of carbonyl (C=O) groups excluding carboxylic acids is 2. The first kappa shape index (κ1) is 28.1. The number of halogens is 3. The second kappa shape index (κ2) is 10.2. The molecule has 0 bridgehead atoms. The highest BCUT2D eigenvalue weighted by Crippen LogP contribution is 2.60. The number of aliphatic imine (C=N–C) groups is 1. The van der Waals surface area contributed by atoms with Gasteiger partial charge in [-0.25, -0.2) is 9.18 Å². The Morgan fingerprint density at radius 1 is 1.05 bits per heavy atom. The number of carbonyl (C=O) groups is 2. The van der Waals surface area contributed by atoms with Crippen LogP contribution in [0, 0.1) is 12.7 Å². The van der Waals surface area contributed by atoms with Crippen molar-refractivity contribution >= 4 is 46.5 Å². The molecule has 2 aliphatic rings. The molecular weight excluding hydrogens is 554 g/mol. The number of hydrogen-bond donors (Lipinski definition) is 1. The van der Waals surface area contributed by atoms with Gasteiger partial charge in [0, 0.05) is 33.7 Å². The maximum absolute atomic E-state index is 14.7. The number of nitrogens with one attached hydrogen (secondary N) is 1. The maximum atomic E-state index is 14.7. The molecule has 1 spiro atoms. The molecule has 2 heterocycles. The Bertz CT molecular complexity index is 1570. The number of rotatable bonds is 5. The fourth-order valence-corrected chi connectivity index (χ4v) is 6.50. The van der Waals surface area contributed by atoms with Gasteiger partial charge in [-0.15, -0.1) is 0 Å². The highest BCUT2D eigenvalue weighted by atomic mass is 35.5. The number of amides is 1. The second-order valence-electron chi connectivity index (χ2n) is 10.8. The normalized spacial score (nSPS) is 22.0. The maximum Gasteiger partial charge on any atom is 0.349 e. The number of benzene rings is 3. The number of ether oxygens (including phenoxy) is 2. The van der Waals surface area contributed by atoms with Gasteiger partial charge in [0.25, 0.3) is 0 Å². The molecule has 5 rings (SSSR count). The van der Waals surface area contributed by atoms with Crippen LogP contribution < -0.4 is 10.1 Å². The van der Waals surface area contributed by atoms with Crippen LogP contribution in [0.2, 0.25) is 10.0 Å².